The van der Waals surface area contributed by atoms with E-state index in [1.54, 1.807) is 0 Å². The van der Waals surface area contributed by atoms with Crippen LogP contribution in [0.15, 0.2) is 0 Å². The standard InChI is InChI=1S/8BH3O3.52Li.52H/c8*2-1(3)4;;;;;;;;;;;;;;;;;;;;;;;;;;;;;;;;;;;;;;;;;;;;;;;;;;;;;;;;;;;;;;;;;;;;;;;;;;;;;;;;;;;;;;;;;;;;;;;;;;;;;;;;/h8*2-4H;;;;;;;;;;;;;;;;;;;;;;;;;;;;;;;;;;;;;;;;;;;;;;;;;;;;;;;;;;;;;;;;;;;;;;;;;;;;;;;;;;;;;;;;;;;;;;;;;;;;;;;;. The second-order valence-corrected chi connectivity index (χ2v) is 2.77. The molecule has 0 aromatic heterocycles. The quantitative estimate of drug-likeness (QED) is 0.100. The fourth-order valence-electron chi connectivity index (χ4n) is 0. The number of rotatable bonds is 0. The first-order valence-corrected chi connectivity index (χ1v) is 6.20. The van der Waals surface area contributed by atoms with Crippen LogP contribution in [0.4, 0.5) is 0 Å². The van der Waals surface area contributed by atoms with Crippen LogP contribution in [0.25, 0.3) is 0 Å². The van der Waals surface area contributed by atoms with Gasteiger partial charge in [-0.2, -0.15) is 0 Å². The van der Waals surface area contributed by atoms with E-state index in [0.717, 1.165) is 0 Å². The van der Waals surface area contributed by atoms with Gasteiger partial charge in [0.05, 0.1) is 0 Å². The van der Waals surface area contributed by atoms with Crippen molar-refractivity contribution >= 4 is 1040 Å². The fraction of sp³-hybridized carbons (Fsp3) is 0. The zero-order valence-electron chi connectivity index (χ0n) is 15.4. The van der Waals surface area contributed by atoms with E-state index >= 15 is 0 Å². The van der Waals surface area contributed by atoms with Crippen LogP contribution in [-0.4, -0.2) is 1160 Å². The van der Waals surface area contributed by atoms with Crippen molar-refractivity contribution < 1.29 is 121 Å². The van der Waals surface area contributed by atoms with E-state index in [-0.39, 0.29) is 981 Å². The predicted octanol–water partition coefficient (Wildman–Crippen LogP) is -50.1. The van der Waals surface area contributed by atoms with Gasteiger partial charge in [-0.1, -0.05) is 0 Å². The van der Waals surface area contributed by atoms with Gasteiger partial charge in [0.25, 0.3) is 0 Å². The van der Waals surface area contributed by atoms with Crippen molar-refractivity contribution in [3.8, 4) is 0 Å². The summed E-state index contributed by atoms with van der Waals surface area (Å²) in [4.78, 5) is 0. The molecule has 0 rings (SSSR count). The first-order chi connectivity index (χ1) is 13.9. The molecule has 84 heavy (non-hydrogen) atoms. The zero-order chi connectivity index (χ0) is 28.6. The van der Waals surface area contributed by atoms with Crippen molar-refractivity contribution in [1.82, 2.24) is 0 Å². The van der Waals surface area contributed by atoms with Crippen LogP contribution >= 0.6 is 0 Å². The van der Waals surface area contributed by atoms with Crippen molar-refractivity contribution in [2.24, 2.45) is 0 Å². The molecule has 0 aliphatic heterocycles. The summed E-state index contributed by atoms with van der Waals surface area (Å²) < 4.78 is 0. The van der Waals surface area contributed by atoms with E-state index in [9.17, 15) is 0 Å². The van der Waals surface area contributed by atoms with E-state index in [0.29, 0.717) is 0 Å². The van der Waals surface area contributed by atoms with Crippen LogP contribution in [0, 0.1) is 0 Å². The Morgan fingerprint density at radius 2 is 0.0595 bits per heavy atom. The van der Waals surface area contributed by atoms with Crippen LogP contribution in [0.3, 0.4) is 0 Å². The zero-order valence-corrected chi connectivity index (χ0v) is 15.4. The predicted molar refractivity (Wildman–Crippen MR) is 471 cm³/mol. The normalized spacial score (nSPS) is 2.57. The van der Waals surface area contributed by atoms with E-state index in [1.165, 1.54) is 0 Å². The van der Waals surface area contributed by atoms with Crippen LogP contribution in [0.5, 0.6) is 0 Å². The molecule has 0 bridgehead atoms. The molecule has 296 valence electrons. The molecule has 0 aliphatic rings. The molecule has 0 aromatic carbocycles. The topological polar surface area (TPSA) is 486 Å². The Balaban J connectivity index is -0.00000000124. The summed E-state index contributed by atoms with van der Waals surface area (Å²) in [6.45, 7) is 0. The van der Waals surface area contributed by atoms with Gasteiger partial charge in [0.1, 0.15) is 0 Å². The van der Waals surface area contributed by atoms with Gasteiger partial charge < -0.3 is 121 Å². The van der Waals surface area contributed by atoms with Gasteiger partial charge in [-0.25, -0.2) is 0 Å². The van der Waals surface area contributed by atoms with Crippen molar-refractivity contribution in [2.45, 2.75) is 0 Å². The second kappa shape index (κ2) is 483. The first-order valence-electron chi connectivity index (χ1n) is 6.20. The van der Waals surface area contributed by atoms with Gasteiger partial charge >= 0.3 is 1040 Å². The van der Waals surface area contributed by atoms with Gasteiger partial charge in [-0.15, -0.1) is 0 Å². The van der Waals surface area contributed by atoms with Gasteiger partial charge in [0, 0.05) is 0 Å². The van der Waals surface area contributed by atoms with Crippen molar-refractivity contribution in [3.63, 3.8) is 0 Å². The van der Waals surface area contributed by atoms with E-state index in [2.05, 4.69) is 0 Å². The summed E-state index contributed by atoms with van der Waals surface area (Å²) >= 11 is 0. The summed E-state index contributed by atoms with van der Waals surface area (Å²) in [5, 5.41) is 172. The average Bonchev–Trinajstić information content (AvgIpc) is 2.30. The average molecular weight is 908 g/mol. The Kier molecular flexibility index (Phi) is 2850. The third kappa shape index (κ3) is 1500. The molecule has 0 heterocycles. The second-order valence-electron chi connectivity index (χ2n) is 2.77. The van der Waals surface area contributed by atoms with Gasteiger partial charge in [0.2, 0.25) is 0 Å². The van der Waals surface area contributed by atoms with Crippen molar-refractivity contribution in [1.29, 1.82) is 0 Å². The van der Waals surface area contributed by atoms with Crippen LogP contribution in [-0.2, 0) is 0 Å². The Bertz CT molecular complexity index is 217. The Morgan fingerprint density at radius 1 is 0.0595 bits per heavy atom. The third-order valence-corrected chi connectivity index (χ3v) is 0. The molecule has 84 heteroatoms. The molecule has 0 aromatic rings. The molecule has 0 saturated carbocycles. The number of hydrogen-bond acceptors (Lipinski definition) is 24. The molecule has 0 aliphatic carbocycles. The number of hydrogen-bond donors (Lipinski definition) is 24. The summed E-state index contributed by atoms with van der Waals surface area (Å²) in [5.41, 5.74) is 0. The molecule has 0 saturated heterocycles. The molecule has 24 nitrogen and oxygen atoms in total. The third-order valence-electron chi connectivity index (χ3n) is 0. The molecule has 24 N–H and O–H groups in total. The van der Waals surface area contributed by atoms with Crippen LogP contribution < -0.4 is 0 Å². The minimum atomic E-state index is -2.17. The van der Waals surface area contributed by atoms with E-state index in [1.807, 2.05) is 0 Å². The first kappa shape index (κ1) is 496. The summed E-state index contributed by atoms with van der Waals surface area (Å²) in [7, 11) is -17.3. The van der Waals surface area contributed by atoms with E-state index < -0.39 is 58.6 Å². The SMILES string of the molecule is OB(O)O.OB(O)O.OB(O)O.OB(O)O.OB(O)O.OB(O)O.OB(O)O.OB(O)O.[LiH].[LiH].[LiH].[LiH].[LiH].[LiH].[LiH].[LiH].[LiH].[LiH].[LiH].[LiH].[LiH].[LiH].[LiH].[LiH].[LiH].[LiH].[LiH].[LiH].[LiH].[LiH].[LiH].[LiH].[LiH].[LiH].[LiH].[LiH].[LiH].[LiH].[LiH].[LiH].[LiH].[LiH].[LiH].[LiH].[LiH].[LiH].[LiH].[LiH].[LiH].[LiH].[LiH].[LiH].[LiH].[LiH].[LiH].[LiH].[LiH].[LiH].[LiH].[LiH]. The van der Waals surface area contributed by atoms with Gasteiger partial charge in [0.15, 0.2) is 0 Å². The monoisotopic (exact) mass is 913 g/mol. The molecular weight excluding hydrogens is 831 g/mol. The Hall–Kier alpha value is 30.6. The van der Waals surface area contributed by atoms with Crippen LogP contribution in [0.1, 0.15) is 0 Å². The minimum absolute atomic E-state index is 0. The van der Waals surface area contributed by atoms with E-state index in [4.69, 9.17) is 121 Å². The van der Waals surface area contributed by atoms with Crippen LogP contribution in [0.2, 0.25) is 0 Å². The molecule has 0 amide bonds. The summed E-state index contributed by atoms with van der Waals surface area (Å²) in [6.07, 6.45) is 0. The fourth-order valence-corrected chi connectivity index (χ4v) is 0. The molecule has 0 spiro atoms. The van der Waals surface area contributed by atoms with Gasteiger partial charge in [-0.3, -0.25) is 0 Å². The molecule has 0 atom stereocenters. The maximum absolute atomic E-state index is 7.17. The summed E-state index contributed by atoms with van der Waals surface area (Å²) in [6, 6.07) is 0. The summed E-state index contributed by atoms with van der Waals surface area (Å²) in [5.74, 6) is 0. The molecule has 0 radical (unpaired) electrons. The van der Waals surface area contributed by atoms with Gasteiger partial charge in [-0.05, 0) is 0 Å². The van der Waals surface area contributed by atoms with Crippen molar-refractivity contribution in [3.05, 3.63) is 0 Å². The molecule has 0 fully saturated rings. The maximum atomic E-state index is 7.17. The Morgan fingerprint density at radius 3 is 0.0595 bits per heavy atom. The van der Waals surface area contributed by atoms with Crippen molar-refractivity contribution in [2.75, 3.05) is 0 Å². The Labute approximate surface area is 1130 Å². The molecule has 0 unspecified atom stereocenters. The molecular formula is H76B8Li52O24.